The van der Waals surface area contributed by atoms with Crippen molar-refractivity contribution in [3.05, 3.63) is 47.5 Å². The van der Waals surface area contributed by atoms with Crippen molar-refractivity contribution in [3.63, 3.8) is 0 Å². The number of methoxy groups -OCH3 is 1. The van der Waals surface area contributed by atoms with Gasteiger partial charge in [-0.15, -0.1) is 0 Å². The molecule has 1 atom stereocenters. The van der Waals surface area contributed by atoms with E-state index >= 15 is 0 Å². The van der Waals surface area contributed by atoms with E-state index < -0.39 is 11.5 Å². The van der Waals surface area contributed by atoms with E-state index in [1.165, 1.54) is 7.11 Å². The van der Waals surface area contributed by atoms with Gasteiger partial charge in [-0.05, 0) is 19.4 Å². The number of hydrogen-bond donors (Lipinski definition) is 0. The van der Waals surface area contributed by atoms with Crippen LogP contribution in [0.4, 0.5) is 0 Å². The Kier molecular flexibility index (Phi) is 2.95. The quantitative estimate of drug-likeness (QED) is 0.563. The van der Waals surface area contributed by atoms with Crippen LogP contribution in [-0.2, 0) is 4.74 Å². The number of carbonyl (C=O) groups excluding carboxylic acids is 2. The molecule has 1 aromatic carbocycles. The molecule has 1 aromatic rings. The molecule has 0 aromatic heterocycles. The molecule has 0 N–H and O–H groups in total. The Morgan fingerprint density at radius 2 is 1.72 bits per heavy atom. The first-order valence-electron chi connectivity index (χ1n) is 5.81. The maximum atomic E-state index is 12.5. The predicted octanol–water partition coefficient (Wildman–Crippen LogP) is 2.66. The molecular formula is C15H16O3. The van der Waals surface area contributed by atoms with Crippen LogP contribution in [0.3, 0.4) is 0 Å². The van der Waals surface area contributed by atoms with Gasteiger partial charge in [-0.3, -0.25) is 9.59 Å². The van der Waals surface area contributed by atoms with Gasteiger partial charge in [0.1, 0.15) is 6.10 Å². The van der Waals surface area contributed by atoms with Crippen LogP contribution in [0.1, 0.15) is 34.6 Å². The van der Waals surface area contributed by atoms with Gasteiger partial charge >= 0.3 is 0 Å². The zero-order chi connectivity index (χ0) is 13.5. The average Bonchev–Trinajstić information content (AvgIpc) is 2.42. The molecule has 3 nitrogen and oxygen atoms in total. The third-order valence-electron chi connectivity index (χ3n) is 3.60. The van der Waals surface area contributed by atoms with E-state index in [0.717, 1.165) is 0 Å². The highest BCUT2D eigenvalue weighted by Gasteiger charge is 2.43. The molecule has 0 heterocycles. The lowest BCUT2D eigenvalue weighted by atomic mass is 9.78. The SMILES string of the molecule is C=C1C(OC)C(=O)c2ccccc2C(=O)C1(C)C. The van der Waals surface area contributed by atoms with Crippen LogP contribution < -0.4 is 0 Å². The fourth-order valence-electron chi connectivity index (χ4n) is 2.25. The van der Waals surface area contributed by atoms with E-state index in [-0.39, 0.29) is 11.6 Å². The van der Waals surface area contributed by atoms with Gasteiger partial charge in [0.15, 0.2) is 11.6 Å². The van der Waals surface area contributed by atoms with Gasteiger partial charge in [-0.1, -0.05) is 30.8 Å². The summed E-state index contributed by atoms with van der Waals surface area (Å²) in [7, 11) is 1.46. The Balaban J connectivity index is 2.72. The number of fused-ring (bicyclic) bond motifs is 1. The van der Waals surface area contributed by atoms with Crippen molar-refractivity contribution in [1.29, 1.82) is 0 Å². The van der Waals surface area contributed by atoms with E-state index in [9.17, 15) is 9.59 Å². The smallest absolute Gasteiger partial charge is 0.196 e. The summed E-state index contributed by atoms with van der Waals surface area (Å²) in [5, 5.41) is 0. The standard InChI is InChI=1S/C15H16O3/c1-9-13(18-4)12(16)10-7-5-6-8-11(10)14(17)15(9,2)3/h5-8,13H,1H2,2-4H3. The van der Waals surface area contributed by atoms with Gasteiger partial charge in [-0.25, -0.2) is 0 Å². The fourth-order valence-corrected chi connectivity index (χ4v) is 2.25. The summed E-state index contributed by atoms with van der Waals surface area (Å²) >= 11 is 0. The minimum atomic E-state index is -0.803. The summed E-state index contributed by atoms with van der Waals surface area (Å²) in [6.45, 7) is 7.45. The second-order valence-electron chi connectivity index (χ2n) is 5.00. The summed E-state index contributed by atoms with van der Waals surface area (Å²) in [6.07, 6.45) is -0.757. The Hall–Kier alpha value is -1.74. The Bertz CT molecular complexity index is 540. The van der Waals surface area contributed by atoms with E-state index in [2.05, 4.69) is 6.58 Å². The van der Waals surface area contributed by atoms with Gasteiger partial charge in [0.2, 0.25) is 0 Å². The van der Waals surface area contributed by atoms with Crippen LogP contribution in [0.25, 0.3) is 0 Å². The highest BCUT2D eigenvalue weighted by atomic mass is 16.5. The van der Waals surface area contributed by atoms with Crippen molar-refractivity contribution >= 4 is 11.6 Å². The van der Waals surface area contributed by atoms with Crippen molar-refractivity contribution in [2.45, 2.75) is 20.0 Å². The monoisotopic (exact) mass is 244 g/mol. The lowest BCUT2D eigenvalue weighted by Crippen LogP contribution is -2.33. The zero-order valence-electron chi connectivity index (χ0n) is 10.8. The normalized spacial score (nSPS) is 22.6. The number of carbonyl (C=O) groups is 2. The maximum Gasteiger partial charge on any atom is 0.196 e. The summed E-state index contributed by atoms with van der Waals surface area (Å²) in [4.78, 5) is 24.9. The number of Topliss-reactive ketones (excluding diaryl/α,β-unsaturated/α-hetero) is 2. The summed E-state index contributed by atoms with van der Waals surface area (Å²) in [5.41, 5.74) is 0.577. The van der Waals surface area contributed by atoms with Crippen molar-refractivity contribution in [2.75, 3.05) is 7.11 Å². The molecule has 0 saturated carbocycles. The highest BCUT2D eigenvalue weighted by Crippen LogP contribution is 2.38. The lowest BCUT2D eigenvalue weighted by Gasteiger charge is -2.27. The van der Waals surface area contributed by atoms with Crippen molar-refractivity contribution in [1.82, 2.24) is 0 Å². The highest BCUT2D eigenvalue weighted by molar-refractivity contribution is 6.16. The van der Waals surface area contributed by atoms with E-state index in [1.54, 1.807) is 38.1 Å². The topological polar surface area (TPSA) is 43.4 Å². The van der Waals surface area contributed by atoms with Gasteiger partial charge in [0, 0.05) is 18.2 Å². The van der Waals surface area contributed by atoms with Crippen LogP contribution in [0.15, 0.2) is 36.4 Å². The number of ether oxygens (including phenoxy) is 1. The second kappa shape index (κ2) is 4.18. The number of benzene rings is 1. The summed E-state index contributed by atoms with van der Waals surface area (Å²) in [6, 6.07) is 6.85. The molecule has 2 rings (SSSR count). The number of rotatable bonds is 1. The second-order valence-corrected chi connectivity index (χ2v) is 5.00. The third-order valence-corrected chi connectivity index (χ3v) is 3.60. The molecule has 18 heavy (non-hydrogen) atoms. The van der Waals surface area contributed by atoms with Gasteiger partial charge in [0.25, 0.3) is 0 Å². The van der Waals surface area contributed by atoms with E-state index in [4.69, 9.17) is 4.74 Å². The molecule has 0 fully saturated rings. The third kappa shape index (κ3) is 1.63. The average molecular weight is 244 g/mol. The number of ketones is 2. The molecule has 0 radical (unpaired) electrons. The van der Waals surface area contributed by atoms with Gasteiger partial charge in [-0.2, -0.15) is 0 Å². The van der Waals surface area contributed by atoms with Gasteiger partial charge in [0.05, 0.1) is 5.41 Å². The maximum absolute atomic E-state index is 12.5. The molecular weight excluding hydrogens is 228 g/mol. The first kappa shape index (κ1) is 12.7. The molecule has 0 aliphatic heterocycles. The molecule has 0 amide bonds. The first-order valence-corrected chi connectivity index (χ1v) is 5.81. The minimum absolute atomic E-state index is 0.0870. The van der Waals surface area contributed by atoms with Gasteiger partial charge < -0.3 is 4.74 Å². The molecule has 3 heteroatoms. The molecule has 0 spiro atoms. The van der Waals surface area contributed by atoms with Crippen molar-refractivity contribution in [3.8, 4) is 0 Å². The molecule has 1 aliphatic rings. The lowest BCUT2D eigenvalue weighted by molar-refractivity contribution is 0.0646. The molecule has 0 bridgehead atoms. The number of hydrogen-bond acceptors (Lipinski definition) is 3. The largest absolute Gasteiger partial charge is 0.369 e. The van der Waals surface area contributed by atoms with Crippen LogP contribution >= 0.6 is 0 Å². The molecule has 0 saturated heterocycles. The Labute approximate surface area is 106 Å². The molecule has 1 aliphatic carbocycles. The molecule has 1 unspecified atom stereocenters. The van der Waals surface area contributed by atoms with Crippen molar-refractivity contribution in [2.24, 2.45) is 5.41 Å². The van der Waals surface area contributed by atoms with E-state index in [1.807, 2.05) is 0 Å². The Morgan fingerprint density at radius 3 is 2.28 bits per heavy atom. The van der Waals surface area contributed by atoms with Crippen LogP contribution in [0.5, 0.6) is 0 Å². The first-order chi connectivity index (χ1) is 8.41. The summed E-state index contributed by atoms with van der Waals surface area (Å²) in [5.74, 6) is -0.284. The predicted molar refractivity (Wildman–Crippen MR) is 68.8 cm³/mol. The van der Waals surface area contributed by atoms with Crippen LogP contribution in [-0.4, -0.2) is 24.8 Å². The summed E-state index contributed by atoms with van der Waals surface area (Å²) < 4.78 is 5.24. The van der Waals surface area contributed by atoms with E-state index in [0.29, 0.717) is 16.7 Å². The fraction of sp³-hybridized carbons (Fsp3) is 0.333. The van der Waals surface area contributed by atoms with Crippen LogP contribution in [0, 0.1) is 5.41 Å². The van der Waals surface area contributed by atoms with Crippen LogP contribution in [0.2, 0.25) is 0 Å². The molecule has 94 valence electrons. The minimum Gasteiger partial charge on any atom is -0.369 e. The zero-order valence-corrected chi connectivity index (χ0v) is 10.8. The van der Waals surface area contributed by atoms with Crippen molar-refractivity contribution < 1.29 is 14.3 Å². The Morgan fingerprint density at radius 1 is 1.17 bits per heavy atom.